The van der Waals surface area contributed by atoms with Crippen molar-refractivity contribution in [1.29, 1.82) is 0 Å². The van der Waals surface area contributed by atoms with E-state index in [1.54, 1.807) is 20.4 Å². The lowest BCUT2D eigenvalue weighted by Gasteiger charge is -2.42. The van der Waals surface area contributed by atoms with Crippen LogP contribution in [-0.2, 0) is 11.3 Å². The zero-order valence-corrected chi connectivity index (χ0v) is 18.6. The van der Waals surface area contributed by atoms with E-state index in [4.69, 9.17) is 9.47 Å². The molecule has 1 aromatic heterocycles. The molecule has 0 amide bonds. The van der Waals surface area contributed by atoms with Crippen LogP contribution in [0.1, 0.15) is 42.4 Å². The van der Waals surface area contributed by atoms with Crippen molar-refractivity contribution in [1.82, 2.24) is 15.6 Å². The Kier molecular flexibility index (Phi) is 7.69. The van der Waals surface area contributed by atoms with Crippen LogP contribution in [0, 0.1) is 19.3 Å². The monoisotopic (exact) mass is 410 g/mol. The van der Waals surface area contributed by atoms with Gasteiger partial charge in [0.2, 0.25) is 5.88 Å². The average Bonchev–Trinajstić information content (AvgIpc) is 2.72. The first kappa shape index (κ1) is 22.1. The standard InChI is InChI=1S/C24H34N4O2/c1-18-6-7-21(14-19(18)2)30-22-15-20(8-12-26-22)16-27-23(25-3)28-17-24(9-5-10-24)11-13-29-4/h6-8,12,14-15H,5,9-11,13,16-17H2,1-4H3,(H2,25,27,28). The predicted octanol–water partition coefficient (Wildman–Crippen LogP) is 4.36. The second kappa shape index (κ2) is 10.4. The van der Waals surface area contributed by atoms with Crippen LogP contribution in [-0.4, -0.2) is 38.3 Å². The van der Waals surface area contributed by atoms with Crippen molar-refractivity contribution in [3.8, 4) is 11.6 Å². The van der Waals surface area contributed by atoms with E-state index < -0.39 is 0 Å². The van der Waals surface area contributed by atoms with E-state index in [9.17, 15) is 0 Å². The van der Waals surface area contributed by atoms with Gasteiger partial charge in [-0.1, -0.05) is 12.5 Å². The maximum Gasteiger partial charge on any atom is 0.219 e. The Bertz CT molecular complexity index is 862. The van der Waals surface area contributed by atoms with Crippen LogP contribution >= 0.6 is 0 Å². The summed E-state index contributed by atoms with van der Waals surface area (Å²) in [5, 5.41) is 6.89. The van der Waals surface area contributed by atoms with E-state index in [1.165, 1.54) is 30.4 Å². The molecule has 1 aliphatic rings. The number of aryl methyl sites for hydroxylation is 2. The number of hydrogen-bond donors (Lipinski definition) is 2. The largest absolute Gasteiger partial charge is 0.439 e. The van der Waals surface area contributed by atoms with Gasteiger partial charge in [0, 0.05) is 46.1 Å². The van der Waals surface area contributed by atoms with Crippen molar-refractivity contribution in [2.75, 3.05) is 27.3 Å². The van der Waals surface area contributed by atoms with E-state index in [0.717, 1.165) is 36.8 Å². The first-order valence-corrected chi connectivity index (χ1v) is 10.7. The maximum absolute atomic E-state index is 5.94. The van der Waals surface area contributed by atoms with Gasteiger partial charge in [-0.05, 0) is 73.4 Å². The number of aromatic nitrogens is 1. The molecular formula is C24H34N4O2. The second-order valence-electron chi connectivity index (χ2n) is 8.23. The summed E-state index contributed by atoms with van der Waals surface area (Å²) in [6.07, 6.45) is 6.68. The molecule has 0 spiro atoms. The van der Waals surface area contributed by atoms with E-state index >= 15 is 0 Å². The molecule has 0 atom stereocenters. The van der Waals surface area contributed by atoms with Crippen LogP contribution in [0.4, 0.5) is 0 Å². The van der Waals surface area contributed by atoms with Gasteiger partial charge in [0.1, 0.15) is 5.75 Å². The zero-order chi connectivity index (χ0) is 21.4. The number of methoxy groups -OCH3 is 1. The fourth-order valence-corrected chi connectivity index (χ4v) is 3.70. The third kappa shape index (κ3) is 5.95. The van der Waals surface area contributed by atoms with E-state index in [0.29, 0.717) is 17.8 Å². The Balaban J connectivity index is 1.53. The summed E-state index contributed by atoms with van der Waals surface area (Å²) in [7, 11) is 3.58. The van der Waals surface area contributed by atoms with E-state index in [-0.39, 0.29) is 0 Å². The molecule has 0 saturated heterocycles. The van der Waals surface area contributed by atoms with Gasteiger partial charge >= 0.3 is 0 Å². The van der Waals surface area contributed by atoms with Gasteiger partial charge in [-0.25, -0.2) is 4.98 Å². The van der Waals surface area contributed by atoms with Crippen LogP contribution in [0.2, 0.25) is 0 Å². The minimum absolute atomic E-state index is 0.345. The Hall–Kier alpha value is -2.60. The SMILES string of the molecule is CN=C(NCc1ccnc(Oc2ccc(C)c(C)c2)c1)NCC1(CCOC)CCC1. The Morgan fingerprint density at radius 1 is 1.13 bits per heavy atom. The fourth-order valence-electron chi connectivity index (χ4n) is 3.70. The third-order valence-corrected chi connectivity index (χ3v) is 6.07. The van der Waals surface area contributed by atoms with Gasteiger partial charge in [-0.2, -0.15) is 0 Å². The molecule has 2 aromatic rings. The molecule has 162 valence electrons. The number of benzene rings is 1. The van der Waals surface area contributed by atoms with Crippen molar-refractivity contribution in [2.24, 2.45) is 10.4 Å². The topological polar surface area (TPSA) is 67.8 Å². The van der Waals surface area contributed by atoms with Crippen molar-refractivity contribution >= 4 is 5.96 Å². The summed E-state index contributed by atoms with van der Waals surface area (Å²) in [6.45, 7) is 6.56. The molecule has 1 aliphatic carbocycles. The van der Waals surface area contributed by atoms with Crippen molar-refractivity contribution < 1.29 is 9.47 Å². The van der Waals surface area contributed by atoms with Gasteiger partial charge in [0.15, 0.2) is 5.96 Å². The molecule has 30 heavy (non-hydrogen) atoms. The molecule has 1 saturated carbocycles. The summed E-state index contributed by atoms with van der Waals surface area (Å²) in [4.78, 5) is 8.71. The lowest BCUT2D eigenvalue weighted by Crippen LogP contribution is -2.46. The summed E-state index contributed by atoms with van der Waals surface area (Å²) in [5.74, 6) is 2.20. The first-order valence-electron chi connectivity index (χ1n) is 10.7. The summed E-state index contributed by atoms with van der Waals surface area (Å²) in [5.41, 5.74) is 3.88. The molecule has 1 heterocycles. The van der Waals surface area contributed by atoms with Crippen molar-refractivity contribution in [3.63, 3.8) is 0 Å². The molecule has 0 bridgehead atoms. The number of ether oxygens (including phenoxy) is 2. The molecular weight excluding hydrogens is 376 g/mol. The average molecular weight is 411 g/mol. The first-order chi connectivity index (χ1) is 14.5. The Labute approximate surface area is 180 Å². The number of aliphatic imine (C=N–C) groups is 1. The number of rotatable bonds is 9. The highest BCUT2D eigenvalue weighted by Crippen LogP contribution is 2.43. The maximum atomic E-state index is 5.94. The smallest absolute Gasteiger partial charge is 0.219 e. The summed E-state index contributed by atoms with van der Waals surface area (Å²) >= 11 is 0. The lowest BCUT2D eigenvalue weighted by molar-refractivity contribution is 0.0732. The van der Waals surface area contributed by atoms with Crippen LogP contribution in [0.15, 0.2) is 41.5 Å². The predicted molar refractivity (Wildman–Crippen MR) is 121 cm³/mol. The minimum atomic E-state index is 0.345. The van der Waals surface area contributed by atoms with Crippen LogP contribution in [0.3, 0.4) is 0 Å². The Morgan fingerprint density at radius 2 is 1.97 bits per heavy atom. The quantitative estimate of drug-likeness (QED) is 0.475. The number of nitrogens with one attached hydrogen (secondary N) is 2. The van der Waals surface area contributed by atoms with Gasteiger partial charge in [0.05, 0.1) is 0 Å². The molecule has 3 rings (SSSR count). The highest BCUT2D eigenvalue weighted by Gasteiger charge is 2.36. The molecule has 1 fully saturated rings. The minimum Gasteiger partial charge on any atom is -0.439 e. The van der Waals surface area contributed by atoms with Crippen LogP contribution < -0.4 is 15.4 Å². The summed E-state index contributed by atoms with van der Waals surface area (Å²) in [6, 6.07) is 10.0. The highest BCUT2D eigenvalue weighted by atomic mass is 16.5. The fraction of sp³-hybridized carbons (Fsp3) is 0.500. The number of nitrogens with zero attached hydrogens (tertiary/aromatic N) is 2. The van der Waals surface area contributed by atoms with Crippen LogP contribution in [0.5, 0.6) is 11.6 Å². The molecule has 1 aromatic carbocycles. The van der Waals surface area contributed by atoms with Gasteiger partial charge in [-0.3, -0.25) is 4.99 Å². The molecule has 0 unspecified atom stereocenters. The van der Waals surface area contributed by atoms with Gasteiger partial charge in [-0.15, -0.1) is 0 Å². The summed E-state index contributed by atoms with van der Waals surface area (Å²) < 4.78 is 11.2. The number of guanidine groups is 1. The van der Waals surface area contributed by atoms with Gasteiger partial charge in [0.25, 0.3) is 0 Å². The number of hydrogen-bond acceptors (Lipinski definition) is 4. The third-order valence-electron chi connectivity index (χ3n) is 6.07. The zero-order valence-electron chi connectivity index (χ0n) is 18.6. The van der Waals surface area contributed by atoms with Crippen molar-refractivity contribution in [3.05, 3.63) is 53.2 Å². The molecule has 0 aliphatic heterocycles. The van der Waals surface area contributed by atoms with Gasteiger partial charge < -0.3 is 20.1 Å². The molecule has 6 heteroatoms. The van der Waals surface area contributed by atoms with Crippen LogP contribution in [0.25, 0.3) is 0 Å². The molecule has 0 radical (unpaired) electrons. The second-order valence-corrected chi connectivity index (χ2v) is 8.23. The van der Waals surface area contributed by atoms with E-state index in [1.807, 2.05) is 24.3 Å². The molecule has 6 nitrogen and oxygen atoms in total. The van der Waals surface area contributed by atoms with Crippen molar-refractivity contribution in [2.45, 2.75) is 46.1 Å². The Morgan fingerprint density at radius 3 is 2.63 bits per heavy atom. The highest BCUT2D eigenvalue weighted by molar-refractivity contribution is 5.79. The molecule has 2 N–H and O–H groups in total. The normalized spacial score (nSPS) is 15.4. The number of pyridine rings is 1. The lowest BCUT2D eigenvalue weighted by atomic mass is 9.67. The van der Waals surface area contributed by atoms with E-state index in [2.05, 4.69) is 40.5 Å².